The van der Waals surface area contributed by atoms with Gasteiger partial charge in [-0.25, -0.2) is 4.79 Å². The summed E-state index contributed by atoms with van der Waals surface area (Å²) in [4.78, 5) is 36.6. The Morgan fingerprint density at radius 2 is 2.12 bits per heavy atom. The van der Waals surface area contributed by atoms with Gasteiger partial charge in [0.05, 0.1) is 23.7 Å². The standard InChI is InChI=1S/C17H21N3O6/c1-2-3-6-13(17(22)23)18-16(21)12-5-4-7-14(20(24)25)15(12)19-8-10-26-11-9-19/h2,4-5,7,13H,1,3,6,8-11H2,(H,18,21)(H,22,23). The van der Waals surface area contributed by atoms with E-state index < -0.39 is 22.8 Å². The number of anilines is 1. The van der Waals surface area contributed by atoms with Crippen LogP contribution >= 0.6 is 0 Å². The van der Waals surface area contributed by atoms with Gasteiger partial charge in [-0.2, -0.15) is 0 Å². The molecule has 0 aliphatic carbocycles. The van der Waals surface area contributed by atoms with E-state index in [1.807, 2.05) is 0 Å². The molecule has 0 spiro atoms. The Balaban J connectivity index is 2.35. The van der Waals surface area contributed by atoms with Crippen LogP contribution in [0, 0.1) is 10.1 Å². The molecule has 1 saturated heterocycles. The number of hydrogen-bond donors (Lipinski definition) is 2. The number of benzene rings is 1. The second-order valence-corrected chi connectivity index (χ2v) is 5.76. The summed E-state index contributed by atoms with van der Waals surface area (Å²) in [6, 6.07) is 3.10. The van der Waals surface area contributed by atoms with Crippen LogP contribution in [0.25, 0.3) is 0 Å². The zero-order valence-corrected chi connectivity index (χ0v) is 14.2. The van der Waals surface area contributed by atoms with Crippen molar-refractivity contribution in [1.29, 1.82) is 0 Å². The average Bonchev–Trinajstić information content (AvgIpc) is 2.64. The van der Waals surface area contributed by atoms with Crippen molar-refractivity contribution in [2.75, 3.05) is 31.2 Å². The van der Waals surface area contributed by atoms with E-state index in [1.165, 1.54) is 18.2 Å². The van der Waals surface area contributed by atoms with E-state index >= 15 is 0 Å². The number of carbonyl (C=O) groups is 2. The Morgan fingerprint density at radius 1 is 1.42 bits per heavy atom. The Morgan fingerprint density at radius 3 is 2.69 bits per heavy atom. The van der Waals surface area contributed by atoms with Crippen molar-refractivity contribution in [2.24, 2.45) is 0 Å². The van der Waals surface area contributed by atoms with Gasteiger partial charge in [0.15, 0.2) is 0 Å². The molecule has 1 aromatic carbocycles. The predicted octanol–water partition coefficient (Wildman–Crippen LogP) is 1.58. The number of allylic oxidation sites excluding steroid dienone is 1. The molecule has 140 valence electrons. The molecule has 1 atom stereocenters. The topological polar surface area (TPSA) is 122 Å². The molecule has 1 aromatic rings. The normalized spacial score (nSPS) is 15.2. The van der Waals surface area contributed by atoms with Gasteiger partial charge >= 0.3 is 5.97 Å². The monoisotopic (exact) mass is 363 g/mol. The number of carboxylic acid groups (broad SMARTS) is 1. The number of aliphatic carboxylic acids is 1. The van der Waals surface area contributed by atoms with Gasteiger partial charge in [-0.15, -0.1) is 6.58 Å². The number of nitrogens with zero attached hydrogens (tertiary/aromatic N) is 2. The summed E-state index contributed by atoms with van der Waals surface area (Å²) < 4.78 is 5.26. The van der Waals surface area contributed by atoms with E-state index in [9.17, 15) is 24.8 Å². The fourth-order valence-corrected chi connectivity index (χ4v) is 2.76. The summed E-state index contributed by atoms with van der Waals surface area (Å²) in [5.74, 6) is -1.83. The summed E-state index contributed by atoms with van der Waals surface area (Å²) in [5.41, 5.74) is 0.0645. The molecular weight excluding hydrogens is 342 g/mol. The number of amides is 1. The molecule has 1 amide bonds. The summed E-state index contributed by atoms with van der Waals surface area (Å²) >= 11 is 0. The maximum Gasteiger partial charge on any atom is 0.326 e. The summed E-state index contributed by atoms with van der Waals surface area (Å²) in [6.07, 6.45) is 2.17. The number of hydrogen-bond acceptors (Lipinski definition) is 6. The number of nitro benzene ring substituents is 1. The number of ether oxygens (including phenoxy) is 1. The van der Waals surface area contributed by atoms with Gasteiger partial charge < -0.3 is 20.1 Å². The quantitative estimate of drug-likeness (QED) is 0.408. The zero-order valence-electron chi connectivity index (χ0n) is 14.2. The first-order valence-electron chi connectivity index (χ1n) is 8.20. The lowest BCUT2D eigenvalue weighted by Crippen LogP contribution is -2.42. The lowest BCUT2D eigenvalue weighted by atomic mass is 10.1. The van der Waals surface area contributed by atoms with Crippen molar-refractivity contribution in [1.82, 2.24) is 5.32 Å². The van der Waals surface area contributed by atoms with Crippen molar-refractivity contribution in [3.63, 3.8) is 0 Å². The van der Waals surface area contributed by atoms with Crippen LogP contribution in [0.15, 0.2) is 30.9 Å². The zero-order chi connectivity index (χ0) is 19.1. The van der Waals surface area contributed by atoms with Crippen LogP contribution in [0.5, 0.6) is 0 Å². The highest BCUT2D eigenvalue weighted by atomic mass is 16.6. The Bertz CT molecular complexity index is 700. The first-order valence-corrected chi connectivity index (χ1v) is 8.20. The van der Waals surface area contributed by atoms with Crippen molar-refractivity contribution < 1.29 is 24.4 Å². The van der Waals surface area contributed by atoms with Gasteiger partial charge in [0.2, 0.25) is 0 Å². The first kappa shape index (κ1) is 19.4. The highest BCUT2D eigenvalue weighted by Crippen LogP contribution is 2.32. The molecule has 1 aliphatic rings. The predicted molar refractivity (Wildman–Crippen MR) is 94.4 cm³/mol. The van der Waals surface area contributed by atoms with E-state index in [1.54, 1.807) is 11.0 Å². The van der Waals surface area contributed by atoms with E-state index in [0.29, 0.717) is 32.7 Å². The number of rotatable bonds is 8. The Hall–Kier alpha value is -2.94. The number of para-hydroxylation sites is 1. The molecule has 0 bridgehead atoms. The molecule has 2 N–H and O–H groups in total. The van der Waals surface area contributed by atoms with Gasteiger partial charge in [0, 0.05) is 19.2 Å². The largest absolute Gasteiger partial charge is 0.480 e. The molecule has 9 heteroatoms. The summed E-state index contributed by atoms with van der Waals surface area (Å²) in [6.45, 7) is 5.14. The SMILES string of the molecule is C=CCCC(NC(=O)c1cccc([N+](=O)[O-])c1N1CCOCC1)C(=O)O. The molecular formula is C17H21N3O6. The molecule has 0 saturated carbocycles. The number of nitrogens with one attached hydrogen (secondary N) is 1. The summed E-state index contributed by atoms with van der Waals surface area (Å²) in [7, 11) is 0. The van der Waals surface area contributed by atoms with E-state index in [0.717, 1.165) is 0 Å². The Labute approximate surface area is 150 Å². The van der Waals surface area contributed by atoms with Crippen LogP contribution in [0.1, 0.15) is 23.2 Å². The van der Waals surface area contributed by atoms with Gasteiger partial charge in [0.25, 0.3) is 11.6 Å². The van der Waals surface area contributed by atoms with Crippen LogP contribution in [-0.2, 0) is 9.53 Å². The molecule has 2 rings (SSSR count). The first-order chi connectivity index (χ1) is 12.5. The maximum absolute atomic E-state index is 12.7. The number of carboxylic acids is 1. The third-order valence-corrected chi connectivity index (χ3v) is 4.05. The Kier molecular flexibility index (Phi) is 6.67. The van der Waals surface area contributed by atoms with Gasteiger partial charge in [-0.1, -0.05) is 12.1 Å². The van der Waals surface area contributed by atoms with Gasteiger partial charge in [-0.3, -0.25) is 14.9 Å². The molecule has 0 aromatic heterocycles. The van der Waals surface area contributed by atoms with Crippen molar-refractivity contribution in [2.45, 2.75) is 18.9 Å². The molecule has 9 nitrogen and oxygen atoms in total. The minimum atomic E-state index is -1.17. The molecule has 1 fully saturated rings. The number of nitro groups is 1. The van der Waals surface area contributed by atoms with E-state index in [-0.39, 0.29) is 23.4 Å². The number of morpholine rings is 1. The van der Waals surface area contributed by atoms with E-state index in [2.05, 4.69) is 11.9 Å². The second-order valence-electron chi connectivity index (χ2n) is 5.76. The van der Waals surface area contributed by atoms with E-state index in [4.69, 9.17) is 4.74 Å². The van der Waals surface area contributed by atoms with Crippen LogP contribution in [0.2, 0.25) is 0 Å². The molecule has 1 unspecified atom stereocenters. The second kappa shape index (κ2) is 8.95. The molecule has 26 heavy (non-hydrogen) atoms. The highest BCUT2D eigenvalue weighted by molar-refractivity contribution is 6.03. The lowest BCUT2D eigenvalue weighted by Gasteiger charge is -2.30. The smallest absolute Gasteiger partial charge is 0.326 e. The number of carbonyl (C=O) groups excluding carboxylic acids is 1. The van der Waals surface area contributed by atoms with Crippen LogP contribution in [0.3, 0.4) is 0 Å². The maximum atomic E-state index is 12.7. The van der Waals surface area contributed by atoms with Gasteiger partial charge in [-0.05, 0) is 18.9 Å². The lowest BCUT2D eigenvalue weighted by molar-refractivity contribution is -0.384. The van der Waals surface area contributed by atoms with Crippen LogP contribution in [-0.4, -0.2) is 54.3 Å². The molecule has 0 radical (unpaired) electrons. The third-order valence-electron chi connectivity index (χ3n) is 4.05. The summed E-state index contributed by atoms with van der Waals surface area (Å²) in [5, 5.41) is 23.1. The molecule has 1 aliphatic heterocycles. The van der Waals surface area contributed by atoms with Gasteiger partial charge in [0.1, 0.15) is 11.7 Å². The third kappa shape index (κ3) is 4.57. The van der Waals surface area contributed by atoms with Crippen molar-refractivity contribution in [3.8, 4) is 0 Å². The van der Waals surface area contributed by atoms with Crippen LogP contribution < -0.4 is 10.2 Å². The minimum absolute atomic E-state index is 0.0750. The van der Waals surface area contributed by atoms with Crippen molar-refractivity contribution in [3.05, 3.63) is 46.5 Å². The van der Waals surface area contributed by atoms with Crippen LogP contribution in [0.4, 0.5) is 11.4 Å². The average molecular weight is 363 g/mol. The minimum Gasteiger partial charge on any atom is -0.480 e. The van der Waals surface area contributed by atoms with Crippen molar-refractivity contribution >= 4 is 23.3 Å². The fraction of sp³-hybridized carbons (Fsp3) is 0.412. The fourth-order valence-electron chi connectivity index (χ4n) is 2.76. The molecule has 1 heterocycles. The highest BCUT2D eigenvalue weighted by Gasteiger charge is 2.29.